The monoisotopic (exact) mass is 414 g/mol. The van der Waals surface area contributed by atoms with E-state index < -0.39 is 48.1 Å². The Morgan fingerprint density at radius 1 is 0.593 bits per heavy atom. The first kappa shape index (κ1) is 21.2. The molecule has 9 nitrogen and oxygen atoms in total. The first-order valence-corrected chi connectivity index (χ1v) is 6.62. The molecule has 0 unspecified atom stereocenters. The van der Waals surface area contributed by atoms with Gasteiger partial charge in [-0.05, 0) is 0 Å². The fourth-order valence-electron chi connectivity index (χ4n) is 1.76. The second-order valence-corrected chi connectivity index (χ2v) is 4.56. The van der Waals surface area contributed by atoms with E-state index in [1.165, 1.54) is 0 Å². The first-order chi connectivity index (χ1) is 12.4. The molecule has 27 heavy (non-hydrogen) atoms. The van der Waals surface area contributed by atoms with Crippen LogP contribution in [0.25, 0.3) is 0 Å². The maximum Gasteiger partial charge on any atom is 0.512 e. The summed E-state index contributed by atoms with van der Waals surface area (Å²) in [7, 11) is 3.38. The van der Waals surface area contributed by atoms with Crippen molar-refractivity contribution >= 4 is 0 Å². The molecule has 0 radical (unpaired) electrons. The largest absolute Gasteiger partial charge is 0.512 e. The fraction of sp³-hybridized carbons (Fsp3) is 0.667. The lowest BCUT2D eigenvalue weighted by Crippen LogP contribution is -2.36. The van der Waals surface area contributed by atoms with Gasteiger partial charge in [0.1, 0.15) is 0 Å². The average molecular weight is 414 g/mol. The van der Waals surface area contributed by atoms with Crippen molar-refractivity contribution in [2.45, 2.75) is 24.7 Å². The summed E-state index contributed by atoms with van der Waals surface area (Å²) in [5.41, 5.74) is 0. The highest BCUT2D eigenvalue weighted by Crippen LogP contribution is 2.46. The van der Waals surface area contributed by atoms with Crippen molar-refractivity contribution < 1.29 is 69.0 Å². The van der Waals surface area contributed by atoms with Crippen molar-refractivity contribution in [2.75, 3.05) is 28.4 Å². The maximum atomic E-state index is 13.1. The molecule has 0 aromatic carbocycles. The molecule has 0 fully saturated rings. The van der Waals surface area contributed by atoms with E-state index >= 15 is 0 Å². The zero-order valence-electron chi connectivity index (χ0n) is 13.9. The zero-order chi connectivity index (χ0) is 20.7. The van der Waals surface area contributed by atoms with Gasteiger partial charge in [-0.1, -0.05) is 0 Å². The molecule has 0 aromatic heterocycles. The van der Waals surface area contributed by atoms with Crippen LogP contribution in [0.4, 0.5) is 26.3 Å². The lowest BCUT2D eigenvalue weighted by Gasteiger charge is -2.23. The number of alkyl halides is 6. The van der Waals surface area contributed by atoms with E-state index in [9.17, 15) is 26.3 Å². The van der Waals surface area contributed by atoms with E-state index in [1.807, 2.05) is 0 Å². The van der Waals surface area contributed by atoms with Gasteiger partial charge in [0.25, 0.3) is 11.5 Å². The minimum absolute atomic E-state index is 0.844. The van der Waals surface area contributed by atoms with Gasteiger partial charge in [-0.3, -0.25) is 18.9 Å². The molecule has 0 atom stereocenters. The summed E-state index contributed by atoms with van der Waals surface area (Å²) < 4.78 is 119. The first-order valence-electron chi connectivity index (χ1n) is 6.62. The van der Waals surface area contributed by atoms with E-state index in [0.717, 1.165) is 28.4 Å². The second-order valence-electron chi connectivity index (χ2n) is 4.56. The smallest absolute Gasteiger partial charge is 0.393 e. The van der Waals surface area contributed by atoms with Crippen molar-refractivity contribution in [1.82, 2.24) is 0 Å². The third kappa shape index (κ3) is 3.95. The molecular weight excluding hydrogens is 402 g/mol. The SMILES string of the molecule is COC1(OC)OC(OC2=C(C(F)(F)F)OC(OC)(OC)O2)=C(C(F)(F)F)O1. The third-order valence-corrected chi connectivity index (χ3v) is 2.96. The summed E-state index contributed by atoms with van der Waals surface area (Å²) in [5, 5.41) is 0. The molecule has 2 aliphatic heterocycles. The normalized spacial score (nSPS) is 21.6. The number of ether oxygens (including phenoxy) is 9. The fourth-order valence-corrected chi connectivity index (χ4v) is 1.76. The Morgan fingerprint density at radius 2 is 0.889 bits per heavy atom. The molecule has 15 heteroatoms. The van der Waals surface area contributed by atoms with Crippen LogP contribution < -0.4 is 0 Å². The van der Waals surface area contributed by atoms with Crippen LogP contribution in [-0.4, -0.2) is 53.1 Å². The van der Waals surface area contributed by atoms with Crippen molar-refractivity contribution in [1.29, 1.82) is 0 Å². The highest BCUT2D eigenvalue weighted by molar-refractivity contribution is 5.13. The van der Waals surface area contributed by atoms with Crippen molar-refractivity contribution in [2.24, 2.45) is 0 Å². The van der Waals surface area contributed by atoms with Gasteiger partial charge in [0.15, 0.2) is 0 Å². The maximum absolute atomic E-state index is 13.1. The van der Waals surface area contributed by atoms with Crippen LogP contribution in [0.15, 0.2) is 23.4 Å². The van der Waals surface area contributed by atoms with Crippen LogP contribution in [0.1, 0.15) is 0 Å². The Kier molecular flexibility index (Phi) is 5.35. The van der Waals surface area contributed by atoms with E-state index in [2.05, 4.69) is 42.6 Å². The van der Waals surface area contributed by atoms with Crippen molar-refractivity contribution in [3.63, 3.8) is 0 Å². The van der Waals surface area contributed by atoms with Crippen LogP contribution in [-0.2, 0) is 42.6 Å². The molecule has 0 saturated heterocycles. The Hall–Kier alpha value is -2.10. The van der Waals surface area contributed by atoms with Crippen LogP contribution in [0, 0.1) is 0 Å². The molecule has 0 N–H and O–H groups in total. The summed E-state index contributed by atoms with van der Waals surface area (Å²) in [6, 6.07) is 0. The molecule has 156 valence electrons. The molecule has 0 amide bonds. The van der Waals surface area contributed by atoms with E-state index in [1.54, 1.807) is 0 Å². The molecule has 0 saturated carbocycles. The van der Waals surface area contributed by atoms with Gasteiger partial charge >= 0.3 is 36.6 Å². The Balaban J connectivity index is 2.43. The van der Waals surface area contributed by atoms with Gasteiger partial charge < -0.3 is 23.7 Å². The summed E-state index contributed by atoms with van der Waals surface area (Å²) in [6.45, 7) is 0. The predicted molar refractivity (Wildman–Crippen MR) is 65.1 cm³/mol. The molecule has 0 aromatic rings. The molecule has 2 rings (SSSR count). The van der Waals surface area contributed by atoms with Crippen molar-refractivity contribution in [3.8, 4) is 0 Å². The van der Waals surface area contributed by atoms with E-state index in [-0.39, 0.29) is 0 Å². The van der Waals surface area contributed by atoms with Gasteiger partial charge in [-0.2, -0.15) is 26.3 Å². The number of halogens is 6. The summed E-state index contributed by atoms with van der Waals surface area (Å²) in [4.78, 5) is 0. The van der Waals surface area contributed by atoms with Gasteiger partial charge in [-0.15, -0.1) is 0 Å². The van der Waals surface area contributed by atoms with E-state index in [4.69, 9.17) is 0 Å². The lowest BCUT2D eigenvalue weighted by atomic mass is 10.5. The molecular formula is C12H12F6O9. The van der Waals surface area contributed by atoms with Gasteiger partial charge in [-0.25, -0.2) is 0 Å². The van der Waals surface area contributed by atoms with Crippen molar-refractivity contribution in [3.05, 3.63) is 23.4 Å². The quantitative estimate of drug-likeness (QED) is 0.481. The lowest BCUT2D eigenvalue weighted by molar-refractivity contribution is -0.460. The number of hydrogen-bond acceptors (Lipinski definition) is 9. The highest BCUT2D eigenvalue weighted by atomic mass is 19.4. The summed E-state index contributed by atoms with van der Waals surface area (Å²) in [6.07, 6.45) is -16.0. The van der Waals surface area contributed by atoms with Crippen LogP contribution in [0.3, 0.4) is 0 Å². The molecule has 0 aliphatic carbocycles. The Bertz CT molecular complexity index is 576. The number of hydrogen-bond donors (Lipinski definition) is 0. The average Bonchev–Trinajstić information content (AvgIpc) is 3.14. The topological polar surface area (TPSA) is 83.1 Å². The summed E-state index contributed by atoms with van der Waals surface area (Å²) in [5.74, 6) is -7.18. The third-order valence-electron chi connectivity index (χ3n) is 2.96. The minimum atomic E-state index is -5.26. The van der Waals surface area contributed by atoms with Gasteiger partial charge in [0.2, 0.25) is 0 Å². The van der Waals surface area contributed by atoms with Gasteiger partial charge in [0.05, 0.1) is 0 Å². The molecule has 0 bridgehead atoms. The Labute approximate surface area is 146 Å². The molecule has 2 aliphatic rings. The van der Waals surface area contributed by atoms with Crippen LogP contribution in [0.5, 0.6) is 0 Å². The van der Waals surface area contributed by atoms with Crippen LogP contribution in [0.2, 0.25) is 0 Å². The second kappa shape index (κ2) is 6.81. The highest BCUT2D eigenvalue weighted by Gasteiger charge is 2.60. The molecule has 2 heterocycles. The van der Waals surface area contributed by atoms with Crippen LogP contribution >= 0.6 is 0 Å². The predicted octanol–water partition coefficient (Wildman–Crippen LogP) is 2.37. The van der Waals surface area contributed by atoms with E-state index in [0.29, 0.717) is 0 Å². The number of rotatable bonds is 6. The number of allylic oxidation sites excluding steroid dienone is 2. The number of methoxy groups -OCH3 is 4. The molecule has 0 spiro atoms. The zero-order valence-corrected chi connectivity index (χ0v) is 13.9. The Morgan fingerprint density at radius 3 is 1.11 bits per heavy atom. The summed E-state index contributed by atoms with van der Waals surface area (Å²) >= 11 is 0. The minimum Gasteiger partial charge on any atom is -0.393 e. The van der Waals surface area contributed by atoms with Gasteiger partial charge in [0, 0.05) is 28.4 Å². The standard InChI is InChI=1S/C12H12F6O9/c1-19-11(20-2)24-5(9(13,14)15)7(26-11)23-8-6(10(16,17)18)25-12(21-3,22-4)27-8/h1-4H3.